The van der Waals surface area contributed by atoms with Crippen LogP contribution in [0.15, 0.2) is 87.1 Å². The van der Waals surface area contributed by atoms with Crippen LogP contribution < -0.4 is 15.8 Å². The summed E-state index contributed by atoms with van der Waals surface area (Å²) in [5.41, 5.74) is 6.67. The second kappa shape index (κ2) is 10.1. The number of amides is 2. The van der Waals surface area contributed by atoms with Gasteiger partial charge in [0.1, 0.15) is 5.75 Å². The third-order valence-electron chi connectivity index (χ3n) is 3.86. The minimum Gasteiger partial charge on any atom is -0.484 e. The lowest BCUT2D eigenvalue weighted by Gasteiger charge is -2.09. The summed E-state index contributed by atoms with van der Waals surface area (Å²) in [5, 5.41) is 2.81. The van der Waals surface area contributed by atoms with Gasteiger partial charge < -0.3 is 15.8 Å². The number of benzene rings is 3. The van der Waals surface area contributed by atoms with Crippen molar-refractivity contribution in [2.75, 3.05) is 11.9 Å². The number of rotatable bonds is 8. The molecule has 0 aliphatic heterocycles. The lowest BCUT2D eigenvalue weighted by atomic mass is 10.1. The van der Waals surface area contributed by atoms with Crippen molar-refractivity contribution in [1.29, 1.82) is 0 Å². The zero-order chi connectivity index (χ0) is 20.6. The Hall–Kier alpha value is -2.77. The van der Waals surface area contributed by atoms with Crippen molar-refractivity contribution < 1.29 is 14.3 Å². The lowest BCUT2D eigenvalue weighted by Crippen LogP contribution is -2.20. The Kier molecular flexibility index (Phi) is 7.32. The monoisotopic (exact) mass is 470 g/mol. The Balaban J connectivity index is 1.47. The van der Waals surface area contributed by atoms with Gasteiger partial charge in [0, 0.05) is 20.0 Å². The molecule has 0 saturated heterocycles. The highest BCUT2D eigenvalue weighted by Crippen LogP contribution is 2.29. The lowest BCUT2D eigenvalue weighted by molar-refractivity contribution is -0.118. The van der Waals surface area contributed by atoms with Crippen LogP contribution in [-0.4, -0.2) is 18.4 Å². The van der Waals surface area contributed by atoms with E-state index < -0.39 is 0 Å². The predicted molar refractivity (Wildman–Crippen MR) is 118 cm³/mol. The van der Waals surface area contributed by atoms with E-state index in [-0.39, 0.29) is 24.8 Å². The molecular weight excluding hydrogens is 452 g/mol. The van der Waals surface area contributed by atoms with Crippen LogP contribution in [0.5, 0.6) is 5.75 Å². The average Bonchev–Trinajstić information content (AvgIpc) is 2.70. The van der Waals surface area contributed by atoms with Crippen molar-refractivity contribution in [1.82, 2.24) is 0 Å². The van der Waals surface area contributed by atoms with Gasteiger partial charge in [0.25, 0.3) is 5.91 Å². The van der Waals surface area contributed by atoms with Crippen molar-refractivity contribution >= 4 is 45.2 Å². The quantitative estimate of drug-likeness (QED) is 0.502. The van der Waals surface area contributed by atoms with E-state index in [9.17, 15) is 9.59 Å². The minimum absolute atomic E-state index is 0.107. The van der Waals surface area contributed by atoms with E-state index in [0.29, 0.717) is 11.4 Å². The van der Waals surface area contributed by atoms with Crippen LogP contribution in [0.1, 0.15) is 5.56 Å². The molecule has 3 aromatic rings. The summed E-state index contributed by atoms with van der Waals surface area (Å²) in [7, 11) is 0. The Morgan fingerprint density at radius 3 is 2.07 bits per heavy atom. The first-order valence-corrected chi connectivity index (χ1v) is 10.4. The zero-order valence-electron chi connectivity index (χ0n) is 15.4. The molecule has 3 N–H and O–H groups in total. The molecule has 0 bridgehead atoms. The first-order chi connectivity index (χ1) is 14.0. The summed E-state index contributed by atoms with van der Waals surface area (Å²) >= 11 is 5.07. The third-order valence-corrected chi connectivity index (χ3v) is 5.40. The molecule has 0 aliphatic rings. The molecule has 148 valence electrons. The molecule has 0 atom stereocenters. The fraction of sp³-hybridized carbons (Fsp3) is 0.0909. The number of carbonyl (C=O) groups excluding carboxylic acids is 2. The van der Waals surface area contributed by atoms with Crippen molar-refractivity contribution in [3.05, 3.63) is 82.8 Å². The molecule has 2 amide bonds. The molecular formula is C22H19BrN2O3S. The second-order valence-electron chi connectivity index (χ2n) is 6.20. The van der Waals surface area contributed by atoms with Gasteiger partial charge in [0.05, 0.1) is 6.42 Å². The first kappa shape index (κ1) is 21.0. The van der Waals surface area contributed by atoms with Crippen molar-refractivity contribution in [2.45, 2.75) is 16.2 Å². The number of primary amides is 1. The molecule has 0 aromatic heterocycles. The molecule has 7 heteroatoms. The predicted octanol–water partition coefficient (Wildman–Crippen LogP) is 4.65. The molecule has 3 aromatic carbocycles. The van der Waals surface area contributed by atoms with Crippen molar-refractivity contribution in [2.24, 2.45) is 5.73 Å². The van der Waals surface area contributed by atoms with Gasteiger partial charge in [0.15, 0.2) is 6.61 Å². The Morgan fingerprint density at radius 2 is 1.48 bits per heavy atom. The fourth-order valence-corrected chi connectivity index (χ4v) is 3.58. The smallest absolute Gasteiger partial charge is 0.262 e. The molecule has 3 rings (SSSR count). The van der Waals surface area contributed by atoms with E-state index in [4.69, 9.17) is 10.5 Å². The number of hydrogen-bond acceptors (Lipinski definition) is 4. The SMILES string of the molecule is NC(=O)Cc1ccc(OCC(=O)Nc2ccc(Sc3ccc(Br)cc3)cc2)cc1. The van der Waals surface area contributed by atoms with Gasteiger partial charge >= 0.3 is 0 Å². The summed E-state index contributed by atoms with van der Waals surface area (Å²) in [4.78, 5) is 25.2. The number of anilines is 1. The van der Waals surface area contributed by atoms with Gasteiger partial charge in [-0.15, -0.1) is 0 Å². The zero-order valence-corrected chi connectivity index (χ0v) is 17.8. The standard InChI is InChI=1S/C22H19BrN2O3S/c23-16-3-9-19(10-4-16)29-20-11-5-17(6-12-20)25-22(27)14-28-18-7-1-15(2-8-18)13-21(24)26/h1-12H,13-14H2,(H2,24,26)(H,25,27). The highest BCUT2D eigenvalue weighted by atomic mass is 79.9. The van der Waals surface area contributed by atoms with Crippen LogP contribution in [0.2, 0.25) is 0 Å². The Morgan fingerprint density at radius 1 is 0.897 bits per heavy atom. The van der Waals surface area contributed by atoms with E-state index in [2.05, 4.69) is 21.2 Å². The summed E-state index contributed by atoms with van der Waals surface area (Å²) in [6.07, 6.45) is 0.177. The highest BCUT2D eigenvalue weighted by molar-refractivity contribution is 9.10. The van der Waals surface area contributed by atoms with Crippen LogP contribution in [0.4, 0.5) is 5.69 Å². The second-order valence-corrected chi connectivity index (χ2v) is 8.27. The van der Waals surface area contributed by atoms with Crippen LogP contribution in [-0.2, 0) is 16.0 Å². The number of nitrogens with two attached hydrogens (primary N) is 1. The van der Waals surface area contributed by atoms with Crippen molar-refractivity contribution in [3.8, 4) is 5.75 Å². The fourth-order valence-electron chi connectivity index (χ4n) is 2.50. The maximum atomic E-state index is 12.1. The summed E-state index contributed by atoms with van der Waals surface area (Å²) in [6.45, 7) is -0.107. The van der Waals surface area contributed by atoms with Gasteiger partial charge in [-0.2, -0.15) is 0 Å². The normalized spacial score (nSPS) is 10.4. The molecule has 0 aliphatic carbocycles. The molecule has 29 heavy (non-hydrogen) atoms. The molecule has 0 fully saturated rings. The van der Waals surface area contributed by atoms with Gasteiger partial charge in [-0.05, 0) is 66.2 Å². The molecule has 0 saturated carbocycles. The summed E-state index contributed by atoms with van der Waals surface area (Å²) < 4.78 is 6.52. The first-order valence-electron chi connectivity index (χ1n) is 8.81. The maximum Gasteiger partial charge on any atom is 0.262 e. The van der Waals surface area contributed by atoms with E-state index in [1.54, 1.807) is 36.0 Å². The van der Waals surface area contributed by atoms with Gasteiger partial charge in [-0.1, -0.05) is 39.8 Å². The van der Waals surface area contributed by atoms with Crippen molar-refractivity contribution in [3.63, 3.8) is 0 Å². The summed E-state index contributed by atoms with van der Waals surface area (Å²) in [6, 6.07) is 22.6. The average molecular weight is 471 g/mol. The number of carbonyl (C=O) groups is 2. The molecule has 0 radical (unpaired) electrons. The maximum absolute atomic E-state index is 12.1. The van der Waals surface area contributed by atoms with Crippen LogP contribution >= 0.6 is 27.7 Å². The topological polar surface area (TPSA) is 81.4 Å². The summed E-state index contributed by atoms with van der Waals surface area (Å²) in [5.74, 6) is -0.0894. The highest BCUT2D eigenvalue weighted by Gasteiger charge is 2.05. The van der Waals surface area contributed by atoms with E-state index in [1.807, 2.05) is 48.5 Å². The van der Waals surface area contributed by atoms with Crippen LogP contribution in [0, 0.1) is 0 Å². The molecule has 0 spiro atoms. The minimum atomic E-state index is -0.390. The molecule has 5 nitrogen and oxygen atoms in total. The number of hydrogen-bond donors (Lipinski definition) is 2. The number of nitrogens with one attached hydrogen (secondary N) is 1. The largest absolute Gasteiger partial charge is 0.484 e. The van der Waals surface area contributed by atoms with E-state index in [1.165, 1.54) is 0 Å². The number of halogens is 1. The Labute approximate surface area is 181 Å². The van der Waals surface area contributed by atoms with Gasteiger partial charge in [-0.3, -0.25) is 9.59 Å². The van der Waals surface area contributed by atoms with Crippen LogP contribution in [0.3, 0.4) is 0 Å². The van der Waals surface area contributed by atoms with E-state index >= 15 is 0 Å². The Bertz CT molecular complexity index is 974. The molecule has 0 unspecified atom stereocenters. The third kappa shape index (κ3) is 6.96. The van der Waals surface area contributed by atoms with Crippen LogP contribution in [0.25, 0.3) is 0 Å². The van der Waals surface area contributed by atoms with Gasteiger partial charge in [-0.25, -0.2) is 0 Å². The van der Waals surface area contributed by atoms with E-state index in [0.717, 1.165) is 19.8 Å². The number of ether oxygens (including phenoxy) is 1. The van der Waals surface area contributed by atoms with Gasteiger partial charge in [0.2, 0.25) is 5.91 Å². The molecule has 0 heterocycles.